The first-order valence-electron chi connectivity index (χ1n) is 11.6. The molecule has 0 aliphatic carbocycles. The summed E-state index contributed by atoms with van der Waals surface area (Å²) in [5.41, 5.74) is 1.77. The highest BCUT2D eigenvalue weighted by atomic mass is 35.5. The van der Waals surface area contributed by atoms with Gasteiger partial charge in [0, 0.05) is 16.1 Å². The van der Waals surface area contributed by atoms with E-state index in [0.717, 1.165) is 6.42 Å². The van der Waals surface area contributed by atoms with Crippen LogP contribution in [-0.2, 0) is 4.79 Å². The first-order chi connectivity index (χ1) is 17.9. The minimum absolute atomic E-state index is 0.0267. The van der Waals surface area contributed by atoms with Gasteiger partial charge >= 0.3 is 0 Å². The SMILES string of the molecule is CCCOc1ccc(C2C(C(=O)c3cc4cc(Cl)ccc4o3)=C(O)C(=O)N2c2ccc(C#N)cc2)cc1. The number of amides is 1. The molecule has 0 bridgehead atoms. The van der Waals surface area contributed by atoms with Gasteiger partial charge in [-0.05, 0) is 72.6 Å². The third-order valence-corrected chi connectivity index (χ3v) is 6.33. The van der Waals surface area contributed by atoms with Crippen molar-refractivity contribution in [1.82, 2.24) is 0 Å². The van der Waals surface area contributed by atoms with Gasteiger partial charge in [-0.1, -0.05) is 30.7 Å². The Bertz CT molecular complexity index is 1580. The van der Waals surface area contributed by atoms with Crippen LogP contribution < -0.4 is 9.64 Å². The molecule has 8 heteroatoms. The number of ketones is 1. The molecule has 7 nitrogen and oxygen atoms in total. The van der Waals surface area contributed by atoms with Crippen molar-refractivity contribution in [3.63, 3.8) is 0 Å². The van der Waals surface area contributed by atoms with Gasteiger partial charge in [0.25, 0.3) is 5.91 Å². The highest BCUT2D eigenvalue weighted by molar-refractivity contribution is 6.31. The summed E-state index contributed by atoms with van der Waals surface area (Å²) in [6.07, 6.45) is 0.851. The van der Waals surface area contributed by atoms with E-state index in [0.29, 0.717) is 45.2 Å². The average molecular weight is 513 g/mol. The van der Waals surface area contributed by atoms with Crippen LogP contribution in [0.25, 0.3) is 11.0 Å². The number of Topliss-reactive ketones (excluding diaryl/α,β-unsaturated/α-hetero) is 1. The molecule has 1 aromatic heterocycles. The van der Waals surface area contributed by atoms with Crippen LogP contribution in [0.3, 0.4) is 0 Å². The molecule has 1 aliphatic heterocycles. The van der Waals surface area contributed by atoms with Crippen molar-refractivity contribution < 1.29 is 23.8 Å². The van der Waals surface area contributed by atoms with Crippen LogP contribution in [0.4, 0.5) is 5.69 Å². The zero-order valence-electron chi connectivity index (χ0n) is 19.8. The molecule has 0 fully saturated rings. The van der Waals surface area contributed by atoms with Gasteiger partial charge in [-0.25, -0.2) is 0 Å². The minimum atomic E-state index is -0.940. The van der Waals surface area contributed by atoms with Crippen LogP contribution in [0.5, 0.6) is 5.75 Å². The molecule has 0 spiro atoms. The quantitative estimate of drug-likeness (QED) is 0.282. The predicted octanol–water partition coefficient (Wildman–Crippen LogP) is 6.53. The fourth-order valence-corrected chi connectivity index (χ4v) is 4.52. The molecular formula is C29H21ClN2O5. The number of nitrogens with zero attached hydrogens (tertiary/aromatic N) is 2. The molecule has 1 amide bonds. The second-order valence-corrected chi connectivity index (χ2v) is 8.97. The summed E-state index contributed by atoms with van der Waals surface area (Å²) in [5, 5.41) is 21.3. The largest absolute Gasteiger partial charge is 0.503 e. The standard InChI is InChI=1S/C29H21ClN2O5/c1-2-13-36-22-10-5-18(6-11-22)26-25(27(33)24-15-19-14-20(30)7-12-23(19)37-24)28(34)29(35)32(26)21-8-3-17(16-31)4-9-21/h3-12,14-15,26,34H,2,13H2,1H3. The van der Waals surface area contributed by atoms with E-state index >= 15 is 0 Å². The Hall–Kier alpha value is -4.54. The van der Waals surface area contributed by atoms with Crippen LogP contribution in [0.1, 0.15) is 41.1 Å². The zero-order chi connectivity index (χ0) is 26.1. The molecule has 0 radical (unpaired) electrons. The first-order valence-corrected chi connectivity index (χ1v) is 12.0. The van der Waals surface area contributed by atoms with Crippen LogP contribution in [0.15, 0.2) is 88.5 Å². The number of benzene rings is 3. The summed E-state index contributed by atoms with van der Waals surface area (Å²) in [6, 6.07) is 21.0. The molecular weight excluding hydrogens is 492 g/mol. The van der Waals surface area contributed by atoms with Crippen molar-refractivity contribution in [3.05, 3.63) is 106 Å². The van der Waals surface area contributed by atoms with Crippen molar-refractivity contribution in [1.29, 1.82) is 5.26 Å². The normalized spacial score (nSPS) is 15.3. The lowest BCUT2D eigenvalue weighted by Gasteiger charge is -2.27. The van der Waals surface area contributed by atoms with Crippen LogP contribution in [0, 0.1) is 11.3 Å². The van der Waals surface area contributed by atoms with E-state index in [1.807, 2.05) is 13.0 Å². The minimum Gasteiger partial charge on any atom is -0.503 e. The second kappa shape index (κ2) is 9.84. The number of rotatable bonds is 7. The Balaban J connectivity index is 1.61. The van der Waals surface area contributed by atoms with Crippen LogP contribution in [-0.4, -0.2) is 23.4 Å². The fraction of sp³-hybridized carbons (Fsp3) is 0.138. The van der Waals surface area contributed by atoms with Gasteiger partial charge in [0.05, 0.1) is 29.9 Å². The number of nitriles is 1. The van der Waals surface area contributed by atoms with E-state index in [1.54, 1.807) is 66.7 Å². The molecule has 1 aliphatic rings. The molecule has 4 aromatic rings. The third-order valence-electron chi connectivity index (χ3n) is 6.10. The summed E-state index contributed by atoms with van der Waals surface area (Å²) in [6.45, 7) is 2.56. The fourth-order valence-electron chi connectivity index (χ4n) is 4.34. The number of halogens is 1. The zero-order valence-corrected chi connectivity index (χ0v) is 20.5. The number of aliphatic hydroxyl groups is 1. The number of furan rings is 1. The summed E-state index contributed by atoms with van der Waals surface area (Å²) in [7, 11) is 0. The van der Waals surface area contributed by atoms with Gasteiger partial charge in [-0.15, -0.1) is 0 Å². The second-order valence-electron chi connectivity index (χ2n) is 8.54. The molecule has 1 N–H and O–H groups in total. The van der Waals surface area contributed by atoms with Crippen molar-refractivity contribution in [2.24, 2.45) is 0 Å². The smallest absolute Gasteiger partial charge is 0.294 e. The number of anilines is 1. The lowest BCUT2D eigenvalue weighted by Crippen LogP contribution is -2.31. The molecule has 37 heavy (non-hydrogen) atoms. The predicted molar refractivity (Wildman–Crippen MR) is 139 cm³/mol. The molecule has 3 aromatic carbocycles. The van der Waals surface area contributed by atoms with Crippen molar-refractivity contribution >= 4 is 39.9 Å². The van der Waals surface area contributed by atoms with Crippen molar-refractivity contribution in [2.45, 2.75) is 19.4 Å². The molecule has 184 valence electrons. The van der Waals surface area contributed by atoms with Gasteiger partial charge in [0.2, 0.25) is 5.78 Å². The number of hydrogen-bond acceptors (Lipinski definition) is 6. The Morgan fingerprint density at radius 1 is 1.11 bits per heavy atom. The van der Waals surface area contributed by atoms with Crippen molar-refractivity contribution in [2.75, 3.05) is 11.5 Å². The average Bonchev–Trinajstić information content (AvgIpc) is 3.45. The molecule has 0 saturated heterocycles. The molecule has 2 heterocycles. The van der Waals surface area contributed by atoms with Gasteiger partial charge in [0.15, 0.2) is 11.5 Å². The van der Waals surface area contributed by atoms with Gasteiger partial charge in [-0.2, -0.15) is 5.26 Å². The van der Waals surface area contributed by atoms with Gasteiger partial charge < -0.3 is 14.3 Å². The summed E-state index contributed by atoms with van der Waals surface area (Å²) in [5.74, 6) is -1.39. The summed E-state index contributed by atoms with van der Waals surface area (Å²) in [4.78, 5) is 28.4. The highest BCUT2D eigenvalue weighted by Gasteiger charge is 2.45. The molecule has 1 unspecified atom stereocenters. The highest BCUT2D eigenvalue weighted by Crippen LogP contribution is 2.42. The van der Waals surface area contributed by atoms with E-state index in [1.165, 1.54) is 11.0 Å². The lowest BCUT2D eigenvalue weighted by atomic mass is 9.94. The van der Waals surface area contributed by atoms with Crippen LogP contribution >= 0.6 is 11.6 Å². The van der Waals surface area contributed by atoms with E-state index in [4.69, 9.17) is 26.0 Å². The topological polar surface area (TPSA) is 104 Å². The number of ether oxygens (including phenoxy) is 1. The van der Waals surface area contributed by atoms with E-state index in [2.05, 4.69) is 0 Å². The molecule has 5 rings (SSSR count). The Labute approximate surface area is 217 Å². The number of carbonyl (C=O) groups excluding carboxylic acids is 2. The Morgan fingerprint density at radius 3 is 2.51 bits per heavy atom. The monoisotopic (exact) mass is 512 g/mol. The van der Waals surface area contributed by atoms with Crippen LogP contribution in [0.2, 0.25) is 5.02 Å². The van der Waals surface area contributed by atoms with E-state index in [9.17, 15) is 14.7 Å². The maximum absolute atomic E-state index is 13.7. The Morgan fingerprint density at radius 2 is 1.84 bits per heavy atom. The number of carbonyl (C=O) groups is 2. The number of hydrogen-bond donors (Lipinski definition) is 1. The summed E-state index contributed by atoms with van der Waals surface area (Å²) >= 11 is 6.08. The van der Waals surface area contributed by atoms with E-state index in [-0.39, 0.29) is 11.3 Å². The van der Waals surface area contributed by atoms with Gasteiger partial charge in [-0.3, -0.25) is 14.5 Å². The first kappa shape index (κ1) is 24.2. The molecule has 1 atom stereocenters. The lowest BCUT2D eigenvalue weighted by molar-refractivity contribution is -0.117. The number of aliphatic hydroxyl groups excluding tert-OH is 1. The van der Waals surface area contributed by atoms with Crippen molar-refractivity contribution in [3.8, 4) is 11.8 Å². The Kier molecular flexibility index (Phi) is 6.43. The third kappa shape index (κ3) is 4.44. The molecule has 0 saturated carbocycles. The maximum atomic E-state index is 13.7. The van der Waals surface area contributed by atoms with Gasteiger partial charge in [0.1, 0.15) is 11.3 Å². The maximum Gasteiger partial charge on any atom is 0.294 e. The van der Waals surface area contributed by atoms with E-state index < -0.39 is 23.5 Å². The summed E-state index contributed by atoms with van der Waals surface area (Å²) < 4.78 is 11.4. The number of fused-ring (bicyclic) bond motifs is 1.